The molecule has 1 atom stereocenters. The lowest BCUT2D eigenvalue weighted by Crippen LogP contribution is -2.02. The molecular weight excluding hydrogens is 256 g/mol. The van der Waals surface area contributed by atoms with Crippen molar-refractivity contribution in [3.8, 4) is 5.75 Å². The second-order valence-electron chi connectivity index (χ2n) is 4.95. The summed E-state index contributed by atoms with van der Waals surface area (Å²) in [4.78, 5) is 4.25. The third kappa shape index (κ3) is 3.36. The molecule has 108 valence electrons. The van der Waals surface area contributed by atoms with E-state index in [0.29, 0.717) is 23.9 Å². The van der Waals surface area contributed by atoms with Crippen molar-refractivity contribution in [2.75, 3.05) is 0 Å². The summed E-state index contributed by atoms with van der Waals surface area (Å²) in [6, 6.07) is 7.43. The monoisotopic (exact) mass is 276 g/mol. The van der Waals surface area contributed by atoms with Gasteiger partial charge in [-0.3, -0.25) is 0 Å². The highest BCUT2D eigenvalue weighted by Crippen LogP contribution is 2.27. The van der Waals surface area contributed by atoms with Crippen molar-refractivity contribution >= 4 is 0 Å². The van der Waals surface area contributed by atoms with Gasteiger partial charge in [0.1, 0.15) is 5.75 Å². The number of ether oxygens (including phenoxy) is 1. The molecule has 2 aromatic rings. The minimum absolute atomic E-state index is 0.202. The number of hydrogen-bond acceptors (Lipinski definition) is 5. The van der Waals surface area contributed by atoms with Crippen molar-refractivity contribution in [2.24, 2.45) is 0 Å². The summed E-state index contributed by atoms with van der Waals surface area (Å²) in [6.45, 7) is 6.13. The second-order valence-corrected chi connectivity index (χ2v) is 4.95. The van der Waals surface area contributed by atoms with Crippen LogP contribution in [0, 0.1) is 0 Å². The van der Waals surface area contributed by atoms with Gasteiger partial charge in [-0.1, -0.05) is 44.1 Å². The van der Waals surface area contributed by atoms with Crippen molar-refractivity contribution in [1.29, 1.82) is 0 Å². The molecule has 20 heavy (non-hydrogen) atoms. The zero-order chi connectivity index (χ0) is 14.5. The van der Waals surface area contributed by atoms with E-state index in [4.69, 9.17) is 9.26 Å². The molecule has 1 unspecified atom stereocenters. The summed E-state index contributed by atoms with van der Waals surface area (Å²) in [5, 5.41) is 13.8. The number of nitrogens with zero attached hydrogens (tertiary/aromatic N) is 2. The van der Waals surface area contributed by atoms with Gasteiger partial charge in [-0.2, -0.15) is 4.98 Å². The molecule has 5 nitrogen and oxygen atoms in total. The third-order valence-electron chi connectivity index (χ3n) is 3.02. The smallest absolute Gasteiger partial charge is 0.264 e. The first-order valence-electron chi connectivity index (χ1n) is 6.84. The van der Waals surface area contributed by atoms with Crippen LogP contribution in [-0.2, 0) is 6.61 Å². The molecule has 0 radical (unpaired) electrons. The number of benzene rings is 1. The zero-order valence-corrected chi connectivity index (χ0v) is 12.0. The Morgan fingerprint density at radius 3 is 2.70 bits per heavy atom. The van der Waals surface area contributed by atoms with Crippen molar-refractivity contribution < 1.29 is 14.4 Å². The van der Waals surface area contributed by atoms with Gasteiger partial charge in [0.25, 0.3) is 5.89 Å². The quantitative estimate of drug-likeness (QED) is 0.877. The maximum Gasteiger partial charge on any atom is 0.264 e. The van der Waals surface area contributed by atoms with Gasteiger partial charge in [-0.25, -0.2) is 0 Å². The van der Waals surface area contributed by atoms with E-state index >= 15 is 0 Å². The molecule has 0 bridgehead atoms. The van der Waals surface area contributed by atoms with Gasteiger partial charge in [0.05, 0.1) is 6.10 Å². The average Bonchev–Trinajstić information content (AvgIpc) is 2.93. The fourth-order valence-corrected chi connectivity index (χ4v) is 1.81. The molecule has 2 rings (SSSR count). The molecular formula is C15H20N2O3. The van der Waals surface area contributed by atoms with Gasteiger partial charge in [-0.15, -0.1) is 0 Å². The molecule has 0 saturated carbocycles. The summed E-state index contributed by atoms with van der Waals surface area (Å²) in [7, 11) is 0. The molecule has 0 aliphatic carbocycles. The zero-order valence-electron chi connectivity index (χ0n) is 12.0. The molecule has 1 N–H and O–H groups in total. The number of para-hydroxylation sites is 1. The molecule has 0 fully saturated rings. The molecule has 0 amide bonds. The van der Waals surface area contributed by atoms with Gasteiger partial charge in [0, 0.05) is 11.5 Å². The Labute approximate surface area is 118 Å². The Kier molecular flexibility index (Phi) is 4.74. The first kappa shape index (κ1) is 14.5. The molecule has 1 aromatic heterocycles. The minimum Gasteiger partial charge on any atom is -0.483 e. The van der Waals surface area contributed by atoms with Crippen LogP contribution in [0.4, 0.5) is 0 Å². The second kappa shape index (κ2) is 6.52. The minimum atomic E-state index is -0.528. The SMILES string of the molecule is CCC(O)c1ccccc1OCc1nc(C(C)C)no1. The lowest BCUT2D eigenvalue weighted by atomic mass is 10.1. The molecule has 0 spiro atoms. The molecule has 0 saturated heterocycles. The van der Waals surface area contributed by atoms with Crippen molar-refractivity contribution in [3.63, 3.8) is 0 Å². The molecule has 0 aliphatic rings. The standard InChI is InChI=1S/C15H20N2O3/c1-4-12(18)11-7-5-6-8-13(11)19-9-14-16-15(10(2)3)17-20-14/h5-8,10,12,18H,4,9H2,1-3H3. The first-order valence-corrected chi connectivity index (χ1v) is 6.84. The highest BCUT2D eigenvalue weighted by molar-refractivity contribution is 5.35. The van der Waals surface area contributed by atoms with E-state index in [1.54, 1.807) is 0 Å². The maximum atomic E-state index is 9.95. The van der Waals surface area contributed by atoms with E-state index < -0.39 is 6.10 Å². The summed E-state index contributed by atoms with van der Waals surface area (Å²) in [5.41, 5.74) is 0.776. The lowest BCUT2D eigenvalue weighted by Gasteiger charge is -2.13. The van der Waals surface area contributed by atoms with E-state index in [1.807, 2.05) is 45.0 Å². The fourth-order valence-electron chi connectivity index (χ4n) is 1.81. The molecule has 0 aliphatic heterocycles. The van der Waals surface area contributed by atoms with Crippen LogP contribution in [0.1, 0.15) is 56.5 Å². The number of aliphatic hydroxyl groups excluding tert-OH is 1. The predicted octanol–water partition coefficient (Wildman–Crippen LogP) is 3.22. The van der Waals surface area contributed by atoms with Crippen LogP contribution in [0.15, 0.2) is 28.8 Å². The van der Waals surface area contributed by atoms with Crippen LogP contribution in [0.5, 0.6) is 5.75 Å². The normalized spacial score (nSPS) is 12.7. The van der Waals surface area contributed by atoms with Crippen LogP contribution in [0.25, 0.3) is 0 Å². The number of aliphatic hydroxyl groups is 1. The number of rotatable bonds is 6. The highest BCUT2D eigenvalue weighted by atomic mass is 16.5. The van der Waals surface area contributed by atoms with Gasteiger partial charge in [-0.05, 0) is 12.5 Å². The Bertz CT molecular complexity index is 552. The molecule has 1 heterocycles. The summed E-state index contributed by atoms with van der Waals surface area (Å²) < 4.78 is 10.8. The van der Waals surface area contributed by atoms with Gasteiger partial charge in [0.15, 0.2) is 12.4 Å². The molecule has 1 aromatic carbocycles. The Morgan fingerprint density at radius 2 is 2.05 bits per heavy atom. The van der Waals surface area contributed by atoms with Crippen LogP contribution >= 0.6 is 0 Å². The Hall–Kier alpha value is -1.88. The average molecular weight is 276 g/mol. The van der Waals surface area contributed by atoms with Crippen LogP contribution in [-0.4, -0.2) is 15.2 Å². The summed E-state index contributed by atoms with van der Waals surface area (Å²) in [5.74, 6) is 1.98. The first-order chi connectivity index (χ1) is 9.61. The van der Waals surface area contributed by atoms with Crippen molar-refractivity contribution in [3.05, 3.63) is 41.5 Å². The van der Waals surface area contributed by atoms with Gasteiger partial charge in [0.2, 0.25) is 0 Å². The maximum absolute atomic E-state index is 9.95. The number of aromatic nitrogens is 2. The largest absolute Gasteiger partial charge is 0.483 e. The molecule has 5 heteroatoms. The fraction of sp³-hybridized carbons (Fsp3) is 0.467. The van der Waals surface area contributed by atoms with E-state index in [2.05, 4.69) is 10.1 Å². The van der Waals surface area contributed by atoms with Gasteiger partial charge < -0.3 is 14.4 Å². The van der Waals surface area contributed by atoms with Crippen LogP contribution in [0.2, 0.25) is 0 Å². The predicted molar refractivity (Wildman–Crippen MR) is 74.4 cm³/mol. The lowest BCUT2D eigenvalue weighted by molar-refractivity contribution is 0.163. The Morgan fingerprint density at radius 1 is 1.30 bits per heavy atom. The van der Waals surface area contributed by atoms with Crippen LogP contribution < -0.4 is 4.74 Å². The van der Waals surface area contributed by atoms with E-state index in [-0.39, 0.29) is 12.5 Å². The van der Waals surface area contributed by atoms with Gasteiger partial charge >= 0.3 is 0 Å². The van der Waals surface area contributed by atoms with E-state index in [1.165, 1.54) is 0 Å². The summed E-state index contributed by atoms with van der Waals surface area (Å²) >= 11 is 0. The highest BCUT2D eigenvalue weighted by Gasteiger charge is 2.13. The van der Waals surface area contributed by atoms with E-state index in [9.17, 15) is 5.11 Å². The van der Waals surface area contributed by atoms with Crippen molar-refractivity contribution in [1.82, 2.24) is 10.1 Å². The Balaban J connectivity index is 2.06. The number of hydrogen-bond donors (Lipinski definition) is 1. The summed E-state index contributed by atoms with van der Waals surface area (Å²) in [6.07, 6.45) is 0.110. The van der Waals surface area contributed by atoms with Crippen LogP contribution in [0.3, 0.4) is 0 Å². The third-order valence-corrected chi connectivity index (χ3v) is 3.02. The topological polar surface area (TPSA) is 68.4 Å². The van der Waals surface area contributed by atoms with E-state index in [0.717, 1.165) is 5.56 Å². The van der Waals surface area contributed by atoms with Crippen molar-refractivity contribution in [2.45, 2.75) is 45.8 Å².